The van der Waals surface area contributed by atoms with Crippen LogP contribution in [0.15, 0.2) is 0 Å². The molecule has 1 heterocycles. The van der Waals surface area contributed by atoms with Gasteiger partial charge in [0.05, 0.1) is 5.41 Å². The summed E-state index contributed by atoms with van der Waals surface area (Å²) in [4.78, 5) is 14.7. The molecule has 0 unspecified atom stereocenters. The standard InChI is InChI=1S/C14H27N3O/c1-2-8-17-9-4-12(5-10-17)16-13(18)14(11-15)6-3-7-14/h12H,2-11,15H2,1H3,(H,16,18). The molecule has 1 saturated heterocycles. The number of amides is 1. The van der Waals surface area contributed by atoms with E-state index in [1.54, 1.807) is 0 Å². The first kappa shape index (κ1) is 13.8. The Morgan fingerprint density at radius 3 is 2.50 bits per heavy atom. The number of rotatable bonds is 5. The Morgan fingerprint density at radius 2 is 2.06 bits per heavy atom. The van der Waals surface area contributed by atoms with Crippen LogP contribution < -0.4 is 11.1 Å². The van der Waals surface area contributed by atoms with Gasteiger partial charge in [0.2, 0.25) is 5.91 Å². The zero-order valence-electron chi connectivity index (χ0n) is 11.6. The van der Waals surface area contributed by atoms with E-state index in [9.17, 15) is 4.79 Å². The second-order valence-electron chi connectivity index (χ2n) is 5.93. The maximum absolute atomic E-state index is 12.2. The summed E-state index contributed by atoms with van der Waals surface area (Å²) in [5, 5.41) is 3.23. The van der Waals surface area contributed by atoms with Gasteiger partial charge < -0.3 is 16.0 Å². The van der Waals surface area contributed by atoms with Crippen molar-refractivity contribution >= 4 is 5.91 Å². The van der Waals surface area contributed by atoms with Gasteiger partial charge in [-0.1, -0.05) is 13.3 Å². The van der Waals surface area contributed by atoms with Crippen molar-refractivity contribution in [3.63, 3.8) is 0 Å². The number of hydrogen-bond donors (Lipinski definition) is 2. The number of likely N-dealkylation sites (tertiary alicyclic amines) is 1. The molecule has 0 aromatic heterocycles. The van der Waals surface area contributed by atoms with Crippen LogP contribution in [-0.2, 0) is 4.79 Å². The molecule has 4 nitrogen and oxygen atoms in total. The number of piperidine rings is 1. The van der Waals surface area contributed by atoms with Gasteiger partial charge in [-0.3, -0.25) is 4.79 Å². The van der Waals surface area contributed by atoms with E-state index in [2.05, 4.69) is 17.1 Å². The molecule has 1 amide bonds. The van der Waals surface area contributed by atoms with Crippen molar-refractivity contribution in [1.82, 2.24) is 10.2 Å². The molecule has 4 heteroatoms. The molecule has 18 heavy (non-hydrogen) atoms. The number of carbonyl (C=O) groups is 1. The third kappa shape index (κ3) is 2.86. The topological polar surface area (TPSA) is 58.4 Å². The molecule has 0 aromatic rings. The SMILES string of the molecule is CCCN1CCC(NC(=O)C2(CN)CCC2)CC1. The predicted molar refractivity (Wildman–Crippen MR) is 73.2 cm³/mol. The first-order chi connectivity index (χ1) is 8.70. The lowest BCUT2D eigenvalue weighted by molar-refractivity contribution is -0.136. The lowest BCUT2D eigenvalue weighted by atomic mass is 9.68. The monoisotopic (exact) mass is 253 g/mol. The molecule has 104 valence electrons. The van der Waals surface area contributed by atoms with Crippen LogP contribution in [0, 0.1) is 5.41 Å². The van der Waals surface area contributed by atoms with Crippen LogP contribution in [0.2, 0.25) is 0 Å². The van der Waals surface area contributed by atoms with E-state index in [1.807, 2.05) is 0 Å². The zero-order chi connectivity index (χ0) is 13.0. The van der Waals surface area contributed by atoms with Crippen LogP contribution in [0.25, 0.3) is 0 Å². The first-order valence-electron chi connectivity index (χ1n) is 7.43. The van der Waals surface area contributed by atoms with Gasteiger partial charge in [0.15, 0.2) is 0 Å². The van der Waals surface area contributed by atoms with Gasteiger partial charge in [-0.05, 0) is 38.6 Å². The highest BCUT2D eigenvalue weighted by atomic mass is 16.2. The fourth-order valence-electron chi connectivity index (χ4n) is 3.08. The van der Waals surface area contributed by atoms with E-state index in [0.29, 0.717) is 12.6 Å². The van der Waals surface area contributed by atoms with Gasteiger partial charge in [0.25, 0.3) is 0 Å². The summed E-state index contributed by atoms with van der Waals surface area (Å²) in [5.74, 6) is 0.213. The van der Waals surface area contributed by atoms with Crippen molar-refractivity contribution in [3.8, 4) is 0 Å². The normalized spacial score (nSPS) is 24.6. The van der Waals surface area contributed by atoms with Crippen molar-refractivity contribution < 1.29 is 4.79 Å². The predicted octanol–water partition coefficient (Wildman–Crippen LogP) is 1.11. The Labute approximate surface area is 110 Å². The van der Waals surface area contributed by atoms with Gasteiger partial charge in [-0.2, -0.15) is 0 Å². The minimum atomic E-state index is -0.222. The van der Waals surface area contributed by atoms with Crippen molar-refractivity contribution in [2.75, 3.05) is 26.2 Å². The van der Waals surface area contributed by atoms with Gasteiger partial charge in [0.1, 0.15) is 0 Å². The van der Waals surface area contributed by atoms with Crippen LogP contribution in [0.1, 0.15) is 45.4 Å². The minimum Gasteiger partial charge on any atom is -0.353 e. The Balaban J connectivity index is 1.76. The molecule has 0 radical (unpaired) electrons. The zero-order valence-corrected chi connectivity index (χ0v) is 11.6. The number of nitrogens with one attached hydrogen (secondary N) is 1. The second-order valence-corrected chi connectivity index (χ2v) is 5.93. The highest BCUT2D eigenvalue weighted by Gasteiger charge is 2.43. The summed E-state index contributed by atoms with van der Waals surface area (Å²) >= 11 is 0. The highest BCUT2D eigenvalue weighted by molar-refractivity contribution is 5.84. The van der Waals surface area contributed by atoms with Crippen LogP contribution in [-0.4, -0.2) is 43.0 Å². The molecular weight excluding hydrogens is 226 g/mol. The number of hydrogen-bond acceptors (Lipinski definition) is 3. The Hall–Kier alpha value is -0.610. The maximum Gasteiger partial charge on any atom is 0.227 e. The van der Waals surface area contributed by atoms with E-state index in [1.165, 1.54) is 13.0 Å². The molecule has 2 rings (SSSR count). The summed E-state index contributed by atoms with van der Waals surface area (Å²) in [6.45, 7) is 6.15. The molecule has 1 aliphatic carbocycles. The third-order valence-corrected chi connectivity index (χ3v) is 4.65. The number of nitrogens with zero attached hydrogens (tertiary/aromatic N) is 1. The van der Waals surface area contributed by atoms with E-state index in [4.69, 9.17) is 5.73 Å². The van der Waals surface area contributed by atoms with E-state index in [-0.39, 0.29) is 11.3 Å². The first-order valence-corrected chi connectivity index (χ1v) is 7.43. The summed E-state index contributed by atoms with van der Waals surface area (Å²) in [5.41, 5.74) is 5.55. The van der Waals surface area contributed by atoms with Crippen LogP contribution in [0.5, 0.6) is 0 Å². The average Bonchev–Trinajstić information content (AvgIpc) is 2.31. The summed E-state index contributed by atoms with van der Waals surface area (Å²) in [6.07, 6.45) is 6.50. The molecule has 0 bridgehead atoms. The molecule has 0 aromatic carbocycles. The minimum absolute atomic E-state index is 0.213. The molecule has 0 spiro atoms. The van der Waals surface area contributed by atoms with Gasteiger partial charge in [0, 0.05) is 25.7 Å². The van der Waals surface area contributed by atoms with E-state index >= 15 is 0 Å². The van der Waals surface area contributed by atoms with Crippen LogP contribution in [0.4, 0.5) is 0 Å². The molecule has 2 aliphatic rings. The van der Waals surface area contributed by atoms with E-state index < -0.39 is 0 Å². The van der Waals surface area contributed by atoms with Gasteiger partial charge in [-0.25, -0.2) is 0 Å². The number of nitrogens with two attached hydrogens (primary N) is 1. The Morgan fingerprint density at radius 1 is 1.39 bits per heavy atom. The maximum atomic E-state index is 12.2. The second kappa shape index (κ2) is 6.02. The largest absolute Gasteiger partial charge is 0.353 e. The fraction of sp³-hybridized carbons (Fsp3) is 0.929. The fourth-order valence-corrected chi connectivity index (χ4v) is 3.08. The number of carbonyl (C=O) groups excluding carboxylic acids is 1. The molecule has 1 saturated carbocycles. The Bertz CT molecular complexity index is 275. The molecular formula is C14H27N3O. The average molecular weight is 253 g/mol. The summed E-state index contributed by atoms with van der Waals surface area (Å²) < 4.78 is 0. The quantitative estimate of drug-likeness (QED) is 0.771. The lowest BCUT2D eigenvalue weighted by Crippen LogP contribution is -2.54. The van der Waals surface area contributed by atoms with Crippen LogP contribution >= 0.6 is 0 Å². The van der Waals surface area contributed by atoms with Crippen molar-refractivity contribution in [3.05, 3.63) is 0 Å². The molecule has 3 N–H and O–H groups in total. The third-order valence-electron chi connectivity index (χ3n) is 4.65. The van der Waals surface area contributed by atoms with Gasteiger partial charge in [-0.15, -0.1) is 0 Å². The Kier molecular flexibility index (Phi) is 4.62. The molecule has 2 fully saturated rings. The van der Waals surface area contributed by atoms with Crippen molar-refractivity contribution in [2.45, 2.75) is 51.5 Å². The highest BCUT2D eigenvalue weighted by Crippen LogP contribution is 2.40. The smallest absolute Gasteiger partial charge is 0.227 e. The molecule has 1 aliphatic heterocycles. The van der Waals surface area contributed by atoms with Gasteiger partial charge >= 0.3 is 0 Å². The van der Waals surface area contributed by atoms with Crippen LogP contribution in [0.3, 0.4) is 0 Å². The van der Waals surface area contributed by atoms with E-state index in [0.717, 1.165) is 45.2 Å². The lowest BCUT2D eigenvalue weighted by Gasteiger charge is -2.41. The summed E-state index contributed by atoms with van der Waals surface area (Å²) in [6, 6.07) is 0.370. The molecule has 0 atom stereocenters. The van der Waals surface area contributed by atoms with Crippen molar-refractivity contribution in [2.24, 2.45) is 11.1 Å². The summed E-state index contributed by atoms with van der Waals surface area (Å²) in [7, 11) is 0. The van der Waals surface area contributed by atoms with Crippen molar-refractivity contribution in [1.29, 1.82) is 0 Å².